The second kappa shape index (κ2) is 5.51. The van der Waals surface area contributed by atoms with Crippen LogP contribution in [0.1, 0.15) is 33.1 Å². The van der Waals surface area contributed by atoms with Crippen LogP contribution < -0.4 is 0 Å². The number of carbonyl (C=O) groups is 2. The van der Waals surface area contributed by atoms with E-state index in [2.05, 4.69) is 6.92 Å². The van der Waals surface area contributed by atoms with Gasteiger partial charge in [-0.25, -0.2) is 0 Å². The number of fused-ring (bicyclic) bond motifs is 1. The zero-order valence-corrected chi connectivity index (χ0v) is 12.2. The van der Waals surface area contributed by atoms with Crippen molar-refractivity contribution in [1.82, 2.24) is 9.80 Å². The maximum Gasteiger partial charge on any atom is 0.246 e. The Balaban J connectivity index is 2.23. The molecule has 0 N–H and O–H groups in total. The minimum Gasteiger partial charge on any atom is -0.329 e. The maximum atomic E-state index is 12.6. The van der Waals surface area contributed by atoms with E-state index in [0.717, 1.165) is 31.6 Å². The summed E-state index contributed by atoms with van der Waals surface area (Å²) in [7, 11) is 0. The van der Waals surface area contributed by atoms with Gasteiger partial charge in [0.15, 0.2) is 0 Å². The zero-order chi connectivity index (χ0) is 13.3. The number of hydrogen-bond acceptors (Lipinski definition) is 3. The molecule has 0 aromatic carbocycles. The predicted molar refractivity (Wildman–Crippen MR) is 73.5 cm³/mol. The van der Waals surface area contributed by atoms with E-state index in [1.165, 1.54) is 0 Å². The van der Waals surface area contributed by atoms with Crippen LogP contribution in [0.2, 0.25) is 0 Å². The molecule has 3 unspecified atom stereocenters. The Morgan fingerprint density at radius 3 is 2.72 bits per heavy atom. The van der Waals surface area contributed by atoms with Crippen LogP contribution in [-0.4, -0.2) is 58.3 Å². The van der Waals surface area contributed by atoms with Crippen LogP contribution in [0.25, 0.3) is 0 Å². The SMILES string of the molecule is CCC(CSC)N1C(=O)C2CCCN2C(=O)C1C. The lowest BCUT2D eigenvalue weighted by atomic mass is 10.0. The summed E-state index contributed by atoms with van der Waals surface area (Å²) in [5, 5.41) is 0. The van der Waals surface area contributed by atoms with Gasteiger partial charge in [-0.3, -0.25) is 9.59 Å². The molecule has 0 saturated carbocycles. The number of thioether (sulfide) groups is 1. The van der Waals surface area contributed by atoms with Crippen molar-refractivity contribution in [2.24, 2.45) is 0 Å². The van der Waals surface area contributed by atoms with Crippen molar-refractivity contribution in [1.29, 1.82) is 0 Å². The van der Waals surface area contributed by atoms with Crippen LogP contribution in [0.5, 0.6) is 0 Å². The van der Waals surface area contributed by atoms with Gasteiger partial charge in [-0.15, -0.1) is 0 Å². The molecule has 0 radical (unpaired) electrons. The van der Waals surface area contributed by atoms with Crippen LogP contribution in [0, 0.1) is 0 Å². The highest BCUT2D eigenvalue weighted by atomic mass is 32.2. The van der Waals surface area contributed by atoms with E-state index in [1.54, 1.807) is 16.7 Å². The third-order valence-corrected chi connectivity index (χ3v) is 4.79. The fourth-order valence-electron chi connectivity index (χ4n) is 3.09. The molecular weight excluding hydrogens is 248 g/mol. The van der Waals surface area contributed by atoms with Gasteiger partial charge in [-0.05, 0) is 32.4 Å². The molecule has 18 heavy (non-hydrogen) atoms. The number of hydrogen-bond donors (Lipinski definition) is 0. The van der Waals surface area contributed by atoms with Gasteiger partial charge < -0.3 is 9.80 Å². The van der Waals surface area contributed by atoms with Gasteiger partial charge >= 0.3 is 0 Å². The summed E-state index contributed by atoms with van der Waals surface area (Å²) in [5.41, 5.74) is 0. The minimum absolute atomic E-state index is 0.136. The molecule has 2 saturated heterocycles. The Bertz CT molecular complexity index is 348. The van der Waals surface area contributed by atoms with E-state index in [4.69, 9.17) is 0 Å². The summed E-state index contributed by atoms with van der Waals surface area (Å²) in [4.78, 5) is 28.5. The monoisotopic (exact) mass is 270 g/mol. The highest BCUT2D eigenvalue weighted by molar-refractivity contribution is 7.98. The second-order valence-electron chi connectivity index (χ2n) is 5.13. The number of rotatable bonds is 4. The minimum atomic E-state index is -0.288. The first-order valence-electron chi connectivity index (χ1n) is 6.73. The van der Waals surface area contributed by atoms with E-state index < -0.39 is 0 Å². The predicted octanol–water partition coefficient (Wildman–Crippen LogP) is 1.35. The molecule has 3 atom stereocenters. The first-order valence-corrected chi connectivity index (χ1v) is 8.12. The lowest BCUT2D eigenvalue weighted by molar-refractivity contribution is -0.160. The second-order valence-corrected chi connectivity index (χ2v) is 6.04. The summed E-state index contributed by atoms with van der Waals surface area (Å²) >= 11 is 1.74. The molecule has 2 heterocycles. The topological polar surface area (TPSA) is 40.6 Å². The molecule has 0 bridgehead atoms. The van der Waals surface area contributed by atoms with Crippen molar-refractivity contribution in [3.63, 3.8) is 0 Å². The molecule has 4 nitrogen and oxygen atoms in total. The Morgan fingerprint density at radius 2 is 2.11 bits per heavy atom. The Morgan fingerprint density at radius 1 is 1.39 bits per heavy atom. The lowest BCUT2D eigenvalue weighted by Crippen LogP contribution is -2.64. The van der Waals surface area contributed by atoms with Gasteiger partial charge in [0, 0.05) is 18.3 Å². The molecule has 102 valence electrons. The van der Waals surface area contributed by atoms with Crippen LogP contribution in [0.15, 0.2) is 0 Å². The summed E-state index contributed by atoms with van der Waals surface area (Å²) < 4.78 is 0. The standard InChI is InChI=1S/C13H22N2O2S/c1-4-10(8-18-3)15-9(2)12(16)14-7-5-6-11(14)13(15)17/h9-11H,4-8H2,1-3H3. The van der Waals surface area contributed by atoms with Crippen LogP contribution in [0.3, 0.4) is 0 Å². The van der Waals surface area contributed by atoms with Crippen molar-refractivity contribution in [2.45, 2.75) is 51.2 Å². The first-order chi connectivity index (χ1) is 8.61. The quantitative estimate of drug-likeness (QED) is 0.774. The van der Waals surface area contributed by atoms with E-state index in [0.29, 0.717) is 0 Å². The van der Waals surface area contributed by atoms with Gasteiger partial charge in [-0.2, -0.15) is 11.8 Å². The summed E-state index contributed by atoms with van der Waals surface area (Å²) in [5.74, 6) is 1.21. The molecule has 2 aliphatic rings. The zero-order valence-electron chi connectivity index (χ0n) is 11.4. The molecule has 5 heteroatoms. The summed E-state index contributed by atoms with van der Waals surface area (Å²) in [6.45, 7) is 4.72. The van der Waals surface area contributed by atoms with Crippen molar-refractivity contribution in [3.05, 3.63) is 0 Å². The average Bonchev–Trinajstić information content (AvgIpc) is 2.84. The number of carbonyl (C=O) groups excluding carboxylic acids is 2. The fraction of sp³-hybridized carbons (Fsp3) is 0.846. The smallest absolute Gasteiger partial charge is 0.246 e. The van der Waals surface area contributed by atoms with Crippen LogP contribution in [0.4, 0.5) is 0 Å². The molecule has 2 fully saturated rings. The molecule has 0 aromatic rings. The Kier molecular flexibility index (Phi) is 4.20. The van der Waals surface area contributed by atoms with E-state index >= 15 is 0 Å². The summed E-state index contributed by atoms with van der Waals surface area (Å²) in [6.07, 6.45) is 4.76. The highest BCUT2D eigenvalue weighted by Crippen LogP contribution is 2.29. The van der Waals surface area contributed by atoms with Gasteiger partial charge in [-0.1, -0.05) is 6.92 Å². The first kappa shape index (κ1) is 13.7. The molecule has 0 aliphatic carbocycles. The van der Waals surface area contributed by atoms with E-state index in [-0.39, 0.29) is 29.9 Å². The summed E-state index contributed by atoms with van der Waals surface area (Å²) in [6, 6.07) is -0.275. The normalized spacial score (nSPS) is 29.7. The Hall–Kier alpha value is -0.710. The van der Waals surface area contributed by atoms with Crippen molar-refractivity contribution >= 4 is 23.6 Å². The van der Waals surface area contributed by atoms with Gasteiger partial charge in [0.05, 0.1) is 0 Å². The van der Waals surface area contributed by atoms with Gasteiger partial charge in [0.25, 0.3) is 0 Å². The third-order valence-electron chi connectivity index (χ3n) is 4.07. The van der Waals surface area contributed by atoms with Gasteiger partial charge in [0.1, 0.15) is 12.1 Å². The van der Waals surface area contributed by atoms with Crippen molar-refractivity contribution in [2.75, 3.05) is 18.6 Å². The van der Waals surface area contributed by atoms with Crippen molar-refractivity contribution in [3.8, 4) is 0 Å². The van der Waals surface area contributed by atoms with Crippen molar-refractivity contribution < 1.29 is 9.59 Å². The lowest BCUT2D eigenvalue weighted by Gasteiger charge is -2.44. The maximum absolute atomic E-state index is 12.6. The molecule has 2 aliphatic heterocycles. The molecular formula is C13H22N2O2S. The van der Waals surface area contributed by atoms with Gasteiger partial charge in [0.2, 0.25) is 11.8 Å². The molecule has 2 amide bonds. The van der Waals surface area contributed by atoms with Crippen LogP contribution >= 0.6 is 11.8 Å². The number of piperazine rings is 1. The number of amides is 2. The van der Waals surface area contributed by atoms with E-state index in [1.807, 2.05) is 18.1 Å². The fourth-order valence-corrected chi connectivity index (χ4v) is 3.87. The highest BCUT2D eigenvalue weighted by Gasteiger charge is 2.47. The average molecular weight is 270 g/mol. The van der Waals surface area contributed by atoms with Crippen LogP contribution in [-0.2, 0) is 9.59 Å². The third kappa shape index (κ3) is 2.13. The molecule has 0 aromatic heterocycles. The molecule has 0 spiro atoms. The Labute approximate surface area is 113 Å². The number of nitrogens with zero attached hydrogens (tertiary/aromatic N) is 2. The largest absolute Gasteiger partial charge is 0.329 e. The van der Waals surface area contributed by atoms with E-state index in [9.17, 15) is 9.59 Å². The molecule has 2 rings (SSSR count).